The van der Waals surface area contributed by atoms with Gasteiger partial charge in [-0.15, -0.1) is 0 Å². The first kappa shape index (κ1) is 21.5. The molecule has 0 bridgehead atoms. The molecule has 0 aliphatic carbocycles. The maximum Gasteiger partial charge on any atom is 0.341 e. The molecule has 0 aromatic heterocycles. The predicted octanol–water partition coefficient (Wildman–Crippen LogP) is 3.18. The van der Waals surface area contributed by atoms with Crippen molar-refractivity contribution in [2.45, 2.75) is 12.5 Å². The lowest BCUT2D eigenvalue weighted by Crippen LogP contribution is -2.48. The smallest absolute Gasteiger partial charge is 0.341 e. The van der Waals surface area contributed by atoms with Crippen LogP contribution in [0.1, 0.15) is 5.56 Å². The van der Waals surface area contributed by atoms with E-state index in [4.69, 9.17) is 10.5 Å². The van der Waals surface area contributed by atoms with Crippen molar-refractivity contribution in [1.29, 1.82) is 0 Å². The number of fused-ring (bicyclic) bond motifs is 1. The first-order valence-corrected chi connectivity index (χ1v) is 9.86. The van der Waals surface area contributed by atoms with Gasteiger partial charge in [-0.25, -0.2) is 14.2 Å². The Bertz CT molecular complexity index is 1010. The van der Waals surface area contributed by atoms with Crippen molar-refractivity contribution in [3.05, 3.63) is 70.1 Å². The van der Waals surface area contributed by atoms with Crippen LogP contribution in [0.4, 0.5) is 14.9 Å². The Hall–Kier alpha value is -3.20. The number of nitrogens with two attached hydrogens (primary N) is 1. The number of benzene rings is 2. The number of amides is 3. The van der Waals surface area contributed by atoms with Crippen LogP contribution in [-0.4, -0.2) is 37.8 Å². The van der Waals surface area contributed by atoms with Gasteiger partial charge in [0.05, 0.1) is 5.69 Å². The zero-order valence-electron chi connectivity index (χ0n) is 16.1. The number of urea groups is 1. The van der Waals surface area contributed by atoms with Gasteiger partial charge < -0.3 is 20.7 Å². The van der Waals surface area contributed by atoms with E-state index in [1.807, 2.05) is 6.07 Å². The van der Waals surface area contributed by atoms with Gasteiger partial charge in [-0.1, -0.05) is 28.1 Å². The lowest BCUT2D eigenvalue weighted by molar-refractivity contribution is -0.120. The summed E-state index contributed by atoms with van der Waals surface area (Å²) in [6.07, 6.45) is 3.02. The zero-order chi connectivity index (χ0) is 21.7. The Morgan fingerprint density at radius 3 is 2.80 bits per heavy atom. The molecule has 1 heterocycles. The number of hydrogen-bond donors (Lipinski definition) is 2. The molecule has 0 fully saturated rings. The molecule has 2 aromatic rings. The van der Waals surface area contributed by atoms with Crippen molar-refractivity contribution in [2.24, 2.45) is 10.7 Å². The number of rotatable bonds is 4. The lowest BCUT2D eigenvalue weighted by atomic mass is 10.1. The molecule has 0 unspecified atom stereocenters. The van der Waals surface area contributed by atoms with Crippen LogP contribution >= 0.6 is 15.9 Å². The van der Waals surface area contributed by atoms with Gasteiger partial charge in [-0.3, -0.25) is 4.79 Å². The number of anilines is 1. The van der Waals surface area contributed by atoms with E-state index in [1.165, 1.54) is 29.4 Å². The number of nitrogens with one attached hydrogen (secondary N) is 1. The highest BCUT2D eigenvalue weighted by Crippen LogP contribution is 2.33. The van der Waals surface area contributed by atoms with Crippen LogP contribution in [-0.2, 0) is 11.2 Å². The first-order valence-electron chi connectivity index (χ1n) is 9.07. The lowest BCUT2D eigenvalue weighted by Gasteiger charge is -2.19. The number of hydrogen-bond acceptors (Lipinski definition) is 4. The summed E-state index contributed by atoms with van der Waals surface area (Å²) >= 11 is 3.37. The van der Waals surface area contributed by atoms with E-state index >= 15 is 0 Å². The molecule has 3 N–H and O–H groups in total. The Morgan fingerprint density at radius 2 is 2.10 bits per heavy atom. The average Bonchev–Trinajstić information content (AvgIpc) is 2.85. The minimum Gasteiger partial charge on any atom is -0.489 e. The van der Waals surface area contributed by atoms with Crippen molar-refractivity contribution in [2.75, 3.05) is 18.6 Å². The van der Waals surface area contributed by atoms with E-state index in [1.54, 1.807) is 31.3 Å². The first-order chi connectivity index (χ1) is 14.4. The third-order valence-electron chi connectivity index (χ3n) is 4.50. The monoisotopic (exact) mass is 474 g/mol. The SMILES string of the molecule is CN1C(=O)[C@@H](NC(=O)/N=C/C(=C\N)Cc2ccc(F)cc2)COc2ccc(Br)cc21. The highest BCUT2D eigenvalue weighted by atomic mass is 79.9. The molecule has 1 aliphatic heterocycles. The Labute approximate surface area is 181 Å². The summed E-state index contributed by atoms with van der Waals surface area (Å²) in [5, 5.41) is 2.56. The Balaban J connectivity index is 1.63. The van der Waals surface area contributed by atoms with Gasteiger partial charge >= 0.3 is 6.03 Å². The maximum absolute atomic E-state index is 13.0. The van der Waals surface area contributed by atoms with Gasteiger partial charge in [0.1, 0.15) is 24.2 Å². The van der Waals surface area contributed by atoms with Crippen molar-refractivity contribution in [3.63, 3.8) is 0 Å². The van der Waals surface area contributed by atoms with E-state index in [0.717, 1.165) is 10.0 Å². The highest BCUT2D eigenvalue weighted by Gasteiger charge is 2.30. The van der Waals surface area contributed by atoms with Crippen molar-refractivity contribution in [1.82, 2.24) is 5.32 Å². The summed E-state index contributed by atoms with van der Waals surface area (Å²) in [5.74, 6) is -0.113. The second-order valence-corrected chi connectivity index (χ2v) is 7.54. The number of ether oxygens (including phenoxy) is 1. The number of nitrogens with zero attached hydrogens (tertiary/aromatic N) is 2. The third-order valence-corrected chi connectivity index (χ3v) is 4.99. The minimum atomic E-state index is -0.895. The fourth-order valence-corrected chi connectivity index (χ4v) is 3.24. The molecule has 1 aliphatic rings. The second kappa shape index (κ2) is 9.53. The minimum absolute atomic E-state index is 0.0196. The van der Waals surface area contributed by atoms with Crippen molar-refractivity contribution in [3.8, 4) is 5.75 Å². The van der Waals surface area contributed by atoms with Gasteiger partial charge in [0.15, 0.2) is 0 Å². The third kappa shape index (κ3) is 5.24. The average molecular weight is 475 g/mol. The van der Waals surface area contributed by atoms with Gasteiger partial charge in [-0.05, 0) is 47.7 Å². The summed E-state index contributed by atoms with van der Waals surface area (Å²) in [6, 6.07) is 9.67. The zero-order valence-corrected chi connectivity index (χ0v) is 17.7. The topological polar surface area (TPSA) is 97.0 Å². The van der Waals surface area contributed by atoms with Crippen LogP contribution < -0.4 is 20.7 Å². The van der Waals surface area contributed by atoms with E-state index in [2.05, 4.69) is 26.2 Å². The normalized spacial score (nSPS) is 16.8. The van der Waals surface area contributed by atoms with Gasteiger partial charge in [0, 0.05) is 24.2 Å². The van der Waals surface area contributed by atoms with E-state index in [9.17, 15) is 14.0 Å². The number of carbonyl (C=O) groups is 2. The quantitative estimate of drug-likeness (QED) is 0.664. The molecule has 2 aromatic carbocycles. The molecule has 0 radical (unpaired) electrons. The van der Waals surface area contributed by atoms with Gasteiger partial charge in [0.25, 0.3) is 5.91 Å². The van der Waals surface area contributed by atoms with Gasteiger partial charge in [0.2, 0.25) is 0 Å². The molecule has 30 heavy (non-hydrogen) atoms. The van der Waals surface area contributed by atoms with Gasteiger partial charge in [-0.2, -0.15) is 0 Å². The summed E-state index contributed by atoms with van der Waals surface area (Å²) in [6.45, 7) is -0.0196. The Kier molecular flexibility index (Phi) is 6.83. The molecule has 7 nitrogen and oxygen atoms in total. The van der Waals surface area contributed by atoms with Crippen LogP contribution in [0, 0.1) is 5.82 Å². The molecular formula is C21H20BrFN4O3. The number of aliphatic imine (C=N–C) groups is 1. The van der Waals surface area contributed by atoms with Crippen molar-refractivity contribution >= 4 is 39.8 Å². The number of likely N-dealkylation sites (N-methyl/N-ethyl adjacent to an activating group) is 1. The Morgan fingerprint density at radius 1 is 1.37 bits per heavy atom. The number of allylic oxidation sites excluding steroid dienone is 1. The summed E-state index contributed by atoms with van der Waals surface area (Å²) in [7, 11) is 1.61. The van der Waals surface area contributed by atoms with E-state index in [0.29, 0.717) is 23.4 Å². The summed E-state index contributed by atoms with van der Waals surface area (Å²) in [4.78, 5) is 30.2. The molecule has 0 saturated carbocycles. The van der Waals surface area contributed by atoms with E-state index in [-0.39, 0.29) is 18.3 Å². The summed E-state index contributed by atoms with van der Waals surface area (Å²) in [5.41, 5.74) is 7.58. The fourth-order valence-electron chi connectivity index (χ4n) is 2.89. The number of halogens is 2. The summed E-state index contributed by atoms with van der Waals surface area (Å²) < 4.78 is 19.5. The second-order valence-electron chi connectivity index (χ2n) is 6.63. The molecule has 0 spiro atoms. The van der Waals surface area contributed by atoms with Crippen LogP contribution in [0.15, 0.2) is 63.7 Å². The van der Waals surface area contributed by atoms with Crippen LogP contribution in [0.2, 0.25) is 0 Å². The van der Waals surface area contributed by atoms with Crippen LogP contribution in [0.25, 0.3) is 0 Å². The highest BCUT2D eigenvalue weighted by molar-refractivity contribution is 9.10. The largest absolute Gasteiger partial charge is 0.489 e. The molecule has 3 amide bonds. The molecule has 156 valence electrons. The van der Waals surface area contributed by atoms with Crippen LogP contribution in [0.3, 0.4) is 0 Å². The standard InChI is InChI=1S/C21H20BrFN4O3/c1-27-18-9-15(22)4-7-19(18)30-12-17(20(27)28)26-21(29)25-11-14(10-24)8-13-2-5-16(23)6-3-13/h2-7,9-11,17H,8,12,24H2,1H3,(H,26,29)/b14-10-,25-11+/t17-/m0/s1. The molecule has 9 heteroatoms. The predicted molar refractivity (Wildman–Crippen MR) is 116 cm³/mol. The number of carbonyl (C=O) groups excluding carboxylic acids is 2. The maximum atomic E-state index is 13.0. The molecular weight excluding hydrogens is 455 g/mol. The van der Waals surface area contributed by atoms with Crippen LogP contribution in [0.5, 0.6) is 5.75 Å². The van der Waals surface area contributed by atoms with Crippen molar-refractivity contribution < 1.29 is 18.7 Å². The molecule has 3 rings (SSSR count). The van der Waals surface area contributed by atoms with E-state index < -0.39 is 12.1 Å². The molecule has 0 saturated heterocycles. The molecule has 1 atom stereocenters. The fraction of sp³-hybridized carbons (Fsp3) is 0.190.